The maximum Gasteiger partial charge on any atom is 0.221 e. The maximum atomic E-state index is 12.0. The molecule has 1 aromatic heterocycles. The van der Waals surface area contributed by atoms with Crippen molar-refractivity contribution < 1.29 is 4.79 Å². The number of aromatic nitrogens is 2. The second-order valence-corrected chi connectivity index (χ2v) is 7.30. The van der Waals surface area contributed by atoms with Gasteiger partial charge in [-0.2, -0.15) is 4.37 Å². The number of anilines is 1. The van der Waals surface area contributed by atoms with Crippen molar-refractivity contribution in [1.82, 2.24) is 14.7 Å². The SMILES string of the molecule is CC[C@@H](C)NC(=O)CCN(c1nc(Cc2ccccc2)ns1)C(C)C. The van der Waals surface area contributed by atoms with Gasteiger partial charge >= 0.3 is 0 Å². The Kier molecular flexibility index (Phi) is 7.37. The van der Waals surface area contributed by atoms with E-state index in [1.165, 1.54) is 17.1 Å². The van der Waals surface area contributed by atoms with E-state index >= 15 is 0 Å². The van der Waals surface area contributed by atoms with Gasteiger partial charge in [0.2, 0.25) is 11.0 Å². The lowest BCUT2D eigenvalue weighted by Crippen LogP contribution is -2.37. The lowest BCUT2D eigenvalue weighted by Gasteiger charge is -2.25. The number of rotatable bonds is 9. The molecule has 0 saturated heterocycles. The molecule has 0 saturated carbocycles. The van der Waals surface area contributed by atoms with Crippen LogP contribution in [0.4, 0.5) is 5.13 Å². The Bertz CT molecular complexity index is 656. The van der Waals surface area contributed by atoms with E-state index in [9.17, 15) is 4.79 Å². The van der Waals surface area contributed by atoms with Gasteiger partial charge in [-0.1, -0.05) is 37.3 Å². The molecule has 6 heteroatoms. The van der Waals surface area contributed by atoms with Crippen LogP contribution in [0, 0.1) is 0 Å². The molecule has 1 N–H and O–H groups in total. The van der Waals surface area contributed by atoms with E-state index in [-0.39, 0.29) is 18.0 Å². The minimum Gasteiger partial charge on any atom is -0.354 e. The van der Waals surface area contributed by atoms with Crippen molar-refractivity contribution in [3.05, 3.63) is 41.7 Å². The highest BCUT2D eigenvalue weighted by Crippen LogP contribution is 2.21. The predicted molar refractivity (Wildman–Crippen MR) is 104 cm³/mol. The fraction of sp³-hybridized carbons (Fsp3) is 0.526. The number of carbonyl (C=O) groups is 1. The molecule has 0 unspecified atom stereocenters. The lowest BCUT2D eigenvalue weighted by molar-refractivity contribution is -0.121. The summed E-state index contributed by atoms with van der Waals surface area (Å²) in [5.41, 5.74) is 1.20. The smallest absolute Gasteiger partial charge is 0.221 e. The molecule has 25 heavy (non-hydrogen) atoms. The quantitative estimate of drug-likeness (QED) is 0.741. The summed E-state index contributed by atoms with van der Waals surface area (Å²) in [4.78, 5) is 18.9. The zero-order valence-electron chi connectivity index (χ0n) is 15.5. The topological polar surface area (TPSA) is 58.1 Å². The predicted octanol–water partition coefficient (Wildman–Crippen LogP) is 3.65. The third kappa shape index (κ3) is 6.12. The average molecular weight is 361 g/mol. The fourth-order valence-corrected chi connectivity index (χ4v) is 3.30. The van der Waals surface area contributed by atoms with Crippen molar-refractivity contribution >= 4 is 22.6 Å². The summed E-state index contributed by atoms with van der Waals surface area (Å²) < 4.78 is 4.49. The van der Waals surface area contributed by atoms with Gasteiger partial charge < -0.3 is 10.2 Å². The third-order valence-corrected chi connectivity index (χ3v) is 4.92. The molecule has 0 spiro atoms. The lowest BCUT2D eigenvalue weighted by atomic mass is 10.1. The molecule has 0 radical (unpaired) electrons. The van der Waals surface area contributed by atoms with Crippen molar-refractivity contribution in [3.8, 4) is 0 Å². The van der Waals surface area contributed by atoms with E-state index < -0.39 is 0 Å². The van der Waals surface area contributed by atoms with Gasteiger partial charge in [-0.05, 0) is 32.8 Å². The summed E-state index contributed by atoms with van der Waals surface area (Å²) in [5.74, 6) is 0.926. The Morgan fingerprint density at radius 3 is 2.60 bits per heavy atom. The number of amides is 1. The van der Waals surface area contributed by atoms with Crippen molar-refractivity contribution in [1.29, 1.82) is 0 Å². The minimum atomic E-state index is 0.0917. The number of nitrogens with zero attached hydrogens (tertiary/aromatic N) is 3. The first-order chi connectivity index (χ1) is 12.0. The van der Waals surface area contributed by atoms with E-state index in [4.69, 9.17) is 0 Å². The van der Waals surface area contributed by atoms with Gasteiger partial charge in [0.1, 0.15) is 5.82 Å². The Morgan fingerprint density at radius 2 is 1.96 bits per heavy atom. The zero-order chi connectivity index (χ0) is 18.2. The van der Waals surface area contributed by atoms with Crippen molar-refractivity contribution in [2.45, 2.75) is 59.0 Å². The Labute approximate surface area is 154 Å². The highest BCUT2D eigenvalue weighted by atomic mass is 32.1. The van der Waals surface area contributed by atoms with E-state index in [2.05, 4.69) is 52.5 Å². The van der Waals surface area contributed by atoms with Gasteiger partial charge in [-0.25, -0.2) is 4.98 Å². The Morgan fingerprint density at radius 1 is 1.24 bits per heavy atom. The molecule has 0 aliphatic carbocycles. The molecule has 1 heterocycles. The van der Waals surface area contributed by atoms with Gasteiger partial charge in [0.15, 0.2) is 0 Å². The second kappa shape index (κ2) is 9.51. The van der Waals surface area contributed by atoms with Crippen LogP contribution in [0.15, 0.2) is 30.3 Å². The van der Waals surface area contributed by atoms with E-state index in [0.717, 1.165) is 23.8 Å². The number of nitrogens with one attached hydrogen (secondary N) is 1. The van der Waals surface area contributed by atoms with Crippen LogP contribution in [0.5, 0.6) is 0 Å². The van der Waals surface area contributed by atoms with Gasteiger partial charge in [-0.3, -0.25) is 4.79 Å². The molecular weight excluding hydrogens is 332 g/mol. The molecule has 1 amide bonds. The Balaban J connectivity index is 1.97. The summed E-state index contributed by atoms with van der Waals surface area (Å²) in [7, 11) is 0. The first kappa shape index (κ1) is 19.4. The molecule has 0 bridgehead atoms. The van der Waals surface area contributed by atoms with Crippen molar-refractivity contribution in [3.63, 3.8) is 0 Å². The molecule has 0 aliphatic heterocycles. The van der Waals surface area contributed by atoms with Gasteiger partial charge in [0, 0.05) is 43.0 Å². The van der Waals surface area contributed by atoms with Gasteiger partial charge in [0.05, 0.1) is 0 Å². The van der Waals surface area contributed by atoms with Crippen LogP contribution in [-0.4, -0.2) is 33.9 Å². The van der Waals surface area contributed by atoms with Gasteiger partial charge in [-0.15, -0.1) is 0 Å². The zero-order valence-corrected chi connectivity index (χ0v) is 16.3. The molecular formula is C19H28N4OS. The van der Waals surface area contributed by atoms with Crippen LogP contribution in [-0.2, 0) is 11.2 Å². The second-order valence-electron chi connectivity index (χ2n) is 6.57. The summed E-state index contributed by atoms with van der Waals surface area (Å²) in [6.07, 6.45) is 2.15. The first-order valence-electron chi connectivity index (χ1n) is 8.92. The Hall–Kier alpha value is -1.95. The first-order valence-corrected chi connectivity index (χ1v) is 9.69. The third-order valence-electron chi connectivity index (χ3n) is 4.13. The molecule has 0 aliphatic rings. The molecule has 2 aromatic rings. The fourth-order valence-electron chi connectivity index (χ4n) is 2.46. The molecule has 136 valence electrons. The summed E-state index contributed by atoms with van der Waals surface area (Å²) in [6, 6.07) is 10.7. The highest BCUT2D eigenvalue weighted by molar-refractivity contribution is 7.09. The summed E-state index contributed by atoms with van der Waals surface area (Å²) >= 11 is 1.41. The largest absolute Gasteiger partial charge is 0.354 e. The van der Waals surface area contributed by atoms with Crippen LogP contribution < -0.4 is 10.2 Å². The standard InChI is InChI=1S/C19H28N4OS/c1-5-15(4)20-18(24)11-12-23(14(2)3)19-21-17(22-25-19)13-16-9-7-6-8-10-16/h6-10,14-15H,5,11-13H2,1-4H3,(H,20,24)/t15-/m1/s1. The van der Waals surface area contributed by atoms with Crippen molar-refractivity contribution in [2.75, 3.05) is 11.4 Å². The highest BCUT2D eigenvalue weighted by Gasteiger charge is 2.17. The number of hydrogen-bond acceptors (Lipinski definition) is 5. The van der Waals surface area contributed by atoms with Crippen LogP contribution in [0.2, 0.25) is 0 Å². The molecule has 1 atom stereocenters. The number of hydrogen-bond donors (Lipinski definition) is 1. The van der Waals surface area contributed by atoms with E-state index in [1.807, 2.05) is 25.1 Å². The molecule has 5 nitrogen and oxygen atoms in total. The van der Waals surface area contributed by atoms with Crippen LogP contribution >= 0.6 is 11.5 Å². The van der Waals surface area contributed by atoms with Gasteiger partial charge in [0.25, 0.3) is 0 Å². The summed E-state index contributed by atoms with van der Waals surface area (Å²) in [5, 5.41) is 3.90. The maximum absolute atomic E-state index is 12.0. The monoisotopic (exact) mass is 360 g/mol. The molecule has 2 rings (SSSR count). The van der Waals surface area contributed by atoms with Crippen LogP contribution in [0.1, 0.15) is 51.9 Å². The normalized spacial score (nSPS) is 12.2. The van der Waals surface area contributed by atoms with Crippen LogP contribution in [0.3, 0.4) is 0 Å². The van der Waals surface area contributed by atoms with E-state index in [1.54, 1.807) is 0 Å². The minimum absolute atomic E-state index is 0.0917. The van der Waals surface area contributed by atoms with E-state index in [0.29, 0.717) is 13.0 Å². The molecule has 1 aromatic carbocycles. The molecule has 0 fully saturated rings. The number of carbonyl (C=O) groups excluding carboxylic acids is 1. The summed E-state index contributed by atoms with van der Waals surface area (Å²) in [6.45, 7) is 8.98. The average Bonchev–Trinajstić information content (AvgIpc) is 3.03. The van der Waals surface area contributed by atoms with Crippen molar-refractivity contribution in [2.24, 2.45) is 0 Å². The van der Waals surface area contributed by atoms with Crippen LogP contribution in [0.25, 0.3) is 0 Å². The number of benzene rings is 1.